The number of rotatable bonds is 2. The number of carbonyl (C=O) groups is 1. The lowest BCUT2D eigenvalue weighted by molar-refractivity contribution is 0.0530. The molecule has 0 spiro atoms. The van der Waals surface area contributed by atoms with Gasteiger partial charge in [0.15, 0.2) is 0 Å². The Bertz CT molecular complexity index is 514. The minimum Gasteiger partial charge on any atom is -0.507 e. The van der Waals surface area contributed by atoms with E-state index in [4.69, 9.17) is 10.5 Å². The molecule has 1 fully saturated rings. The van der Waals surface area contributed by atoms with E-state index >= 15 is 0 Å². The number of phenolic OH excluding ortho intramolecular Hbond substituents is 1. The van der Waals surface area contributed by atoms with E-state index in [1.54, 1.807) is 17.0 Å². The number of hydrogen-bond acceptors (Lipinski definition) is 4. The smallest absolute Gasteiger partial charge is 0.257 e. The molecule has 1 aromatic carbocycles. The molecular formula is C15H22N2O3. The second kappa shape index (κ2) is 5.32. The van der Waals surface area contributed by atoms with Gasteiger partial charge in [0.25, 0.3) is 5.91 Å². The van der Waals surface area contributed by atoms with Crippen molar-refractivity contribution in [3.8, 4) is 11.5 Å². The lowest BCUT2D eigenvalue weighted by Gasteiger charge is -2.42. The summed E-state index contributed by atoms with van der Waals surface area (Å²) < 4.78 is 5.10. The van der Waals surface area contributed by atoms with Crippen molar-refractivity contribution in [2.75, 3.05) is 20.2 Å². The Morgan fingerprint density at radius 1 is 1.50 bits per heavy atom. The summed E-state index contributed by atoms with van der Waals surface area (Å²) in [7, 11) is 1.53. The number of methoxy groups -OCH3 is 1. The van der Waals surface area contributed by atoms with E-state index in [0.29, 0.717) is 18.8 Å². The van der Waals surface area contributed by atoms with E-state index in [1.807, 2.05) is 0 Å². The quantitative estimate of drug-likeness (QED) is 0.861. The van der Waals surface area contributed by atoms with Crippen molar-refractivity contribution >= 4 is 5.91 Å². The van der Waals surface area contributed by atoms with E-state index in [0.717, 1.165) is 6.42 Å². The van der Waals surface area contributed by atoms with Crippen molar-refractivity contribution in [3.63, 3.8) is 0 Å². The first-order valence-electron chi connectivity index (χ1n) is 6.77. The minimum atomic E-state index is -0.179. The predicted molar refractivity (Wildman–Crippen MR) is 76.9 cm³/mol. The van der Waals surface area contributed by atoms with Gasteiger partial charge in [-0.15, -0.1) is 0 Å². The lowest BCUT2D eigenvalue weighted by Crippen LogP contribution is -2.54. The second-order valence-electron chi connectivity index (χ2n) is 5.99. The number of piperidine rings is 1. The maximum absolute atomic E-state index is 12.6. The first kappa shape index (κ1) is 14.7. The predicted octanol–water partition coefficient (Wildman–Crippen LogP) is 1.60. The monoisotopic (exact) mass is 278 g/mol. The largest absolute Gasteiger partial charge is 0.507 e. The summed E-state index contributed by atoms with van der Waals surface area (Å²) >= 11 is 0. The molecule has 0 aliphatic carbocycles. The zero-order valence-corrected chi connectivity index (χ0v) is 12.2. The Hall–Kier alpha value is -1.75. The first-order valence-corrected chi connectivity index (χ1v) is 6.77. The Balaban J connectivity index is 2.24. The fourth-order valence-corrected chi connectivity index (χ4v) is 2.53. The number of nitrogens with zero attached hydrogens (tertiary/aromatic N) is 1. The summed E-state index contributed by atoms with van der Waals surface area (Å²) in [5, 5.41) is 9.89. The molecule has 1 unspecified atom stereocenters. The van der Waals surface area contributed by atoms with Crippen molar-refractivity contribution in [1.82, 2.24) is 4.90 Å². The fraction of sp³-hybridized carbons (Fsp3) is 0.533. The molecule has 0 aromatic heterocycles. The number of hydrogen-bond donors (Lipinski definition) is 2. The van der Waals surface area contributed by atoms with E-state index in [9.17, 15) is 9.90 Å². The topological polar surface area (TPSA) is 75.8 Å². The number of nitrogens with two attached hydrogens (primary N) is 1. The molecule has 1 aliphatic heterocycles. The third-order valence-electron chi connectivity index (χ3n) is 4.03. The average molecular weight is 278 g/mol. The number of carbonyl (C=O) groups excluding carboxylic acids is 1. The maximum atomic E-state index is 12.6. The second-order valence-corrected chi connectivity index (χ2v) is 5.99. The molecule has 1 heterocycles. The third kappa shape index (κ3) is 2.72. The highest BCUT2D eigenvalue weighted by Crippen LogP contribution is 2.31. The van der Waals surface area contributed by atoms with Crippen LogP contribution in [0, 0.1) is 5.41 Å². The Morgan fingerprint density at radius 2 is 2.20 bits per heavy atom. The van der Waals surface area contributed by atoms with Gasteiger partial charge in [0, 0.05) is 19.1 Å². The zero-order valence-electron chi connectivity index (χ0n) is 12.2. The molecule has 0 radical (unpaired) electrons. The fourth-order valence-electron chi connectivity index (χ4n) is 2.53. The normalized spacial score (nSPS) is 21.6. The van der Waals surface area contributed by atoms with Gasteiger partial charge < -0.3 is 20.5 Å². The summed E-state index contributed by atoms with van der Waals surface area (Å²) in [6, 6.07) is 4.76. The van der Waals surface area contributed by atoms with Crippen LogP contribution in [0.1, 0.15) is 30.6 Å². The van der Waals surface area contributed by atoms with Crippen LogP contribution in [0.3, 0.4) is 0 Å². The van der Waals surface area contributed by atoms with E-state index < -0.39 is 0 Å². The number of likely N-dealkylation sites (tertiary alicyclic amines) is 1. The van der Waals surface area contributed by atoms with Crippen molar-refractivity contribution in [2.24, 2.45) is 11.1 Å². The molecule has 1 saturated heterocycles. The van der Waals surface area contributed by atoms with Crippen LogP contribution in [0.15, 0.2) is 18.2 Å². The van der Waals surface area contributed by atoms with Crippen molar-refractivity contribution < 1.29 is 14.6 Å². The van der Waals surface area contributed by atoms with Crippen LogP contribution in [-0.2, 0) is 0 Å². The molecule has 110 valence electrons. The Kier molecular flexibility index (Phi) is 3.90. The number of phenols is 1. The highest BCUT2D eigenvalue weighted by molar-refractivity contribution is 5.97. The summed E-state index contributed by atoms with van der Waals surface area (Å²) in [5.74, 6) is 0.351. The summed E-state index contributed by atoms with van der Waals surface area (Å²) in [4.78, 5) is 14.3. The molecule has 5 nitrogen and oxygen atoms in total. The van der Waals surface area contributed by atoms with Gasteiger partial charge in [-0.1, -0.05) is 13.8 Å². The van der Waals surface area contributed by atoms with Crippen LogP contribution in [-0.4, -0.2) is 42.2 Å². The van der Waals surface area contributed by atoms with Crippen molar-refractivity contribution in [1.29, 1.82) is 0 Å². The molecule has 3 N–H and O–H groups in total. The minimum absolute atomic E-state index is 0.0246. The van der Waals surface area contributed by atoms with Crippen LogP contribution >= 0.6 is 0 Å². The highest BCUT2D eigenvalue weighted by Gasteiger charge is 2.36. The van der Waals surface area contributed by atoms with E-state index in [-0.39, 0.29) is 28.7 Å². The molecule has 5 heteroatoms. The van der Waals surface area contributed by atoms with Crippen LogP contribution in [0.4, 0.5) is 0 Å². The summed E-state index contributed by atoms with van der Waals surface area (Å²) in [6.45, 7) is 5.31. The van der Waals surface area contributed by atoms with Gasteiger partial charge in [-0.25, -0.2) is 0 Å². The van der Waals surface area contributed by atoms with Gasteiger partial charge in [0.2, 0.25) is 0 Å². The van der Waals surface area contributed by atoms with Gasteiger partial charge in [-0.3, -0.25) is 4.79 Å². The number of ether oxygens (including phenoxy) is 1. The molecule has 1 atom stereocenters. The van der Waals surface area contributed by atoms with Crippen molar-refractivity contribution in [3.05, 3.63) is 23.8 Å². The molecule has 1 aromatic rings. The number of aromatic hydroxyl groups is 1. The third-order valence-corrected chi connectivity index (χ3v) is 4.03. The standard InChI is InChI=1S/C15H22N2O3/c1-15(2)9-17(7-6-13(15)16)14(19)11-8-10(20-3)4-5-12(11)18/h4-5,8,13,18H,6-7,9,16H2,1-3H3. The Labute approximate surface area is 119 Å². The van der Waals surface area contributed by atoms with Gasteiger partial charge in [-0.05, 0) is 30.0 Å². The SMILES string of the molecule is COc1ccc(O)c(C(=O)N2CCC(N)C(C)(C)C2)c1. The van der Waals surface area contributed by atoms with Crippen LogP contribution in [0.25, 0.3) is 0 Å². The van der Waals surface area contributed by atoms with E-state index in [2.05, 4.69) is 13.8 Å². The molecule has 0 saturated carbocycles. The zero-order chi connectivity index (χ0) is 14.9. The maximum Gasteiger partial charge on any atom is 0.257 e. The van der Waals surface area contributed by atoms with Gasteiger partial charge in [-0.2, -0.15) is 0 Å². The van der Waals surface area contributed by atoms with Gasteiger partial charge in [0.1, 0.15) is 11.5 Å². The van der Waals surface area contributed by atoms with Gasteiger partial charge >= 0.3 is 0 Å². The van der Waals surface area contributed by atoms with Crippen LogP contribution < -0.4 is 10.5 Å². The van der Waals surface area contributed by atoms with Gasteiger partial charge in [0.05, 0.1) is 12.7 Å². The lowest BCUT2D eigenvalue weighted by atomic mass is 9.79. The molecular weight excluding hydrogens is 256 g/mol. The first-order chi connectivity index (χ1) is 9.35. The molecule has 0 bridgehead atoms. The van der Waals surface area contributed by atoms with Crippen LogP contribution in [0.2, 0.25) is 0 Å². The number of amides is 1. The average Bonchev–Trinajstić information content (AvgIpc) is 2.41. The summed E-state index contributed by atoms with van der Waals surface area (Å²) in [5.41, 5.74) is 6.23. The molecule has 2 rings (SSSR count). The summed E-state index contributed by atoms with van der Waals surface area (Å²) in [6.07, 6.45) is 0.767. The van der Waals surface area contributed by atoms with E-state index in [1.165, 1.54) is 13.2 Å². The molecule has 1 aliphatic rings. The Morgan fingerprint density at radius 3 is 2.80 bits per heavy atom. The molecule has 1 amide bonds. The molecule has 20 heavy (non-hydrogen) atoms. The van der Waals surface area contributed by atoms with Crippen molar-refractivity contribution in [2.45, 2.75) is 26.3 Å². The van der Waals surface area contributed by atoms with Crippen LogP contribution in [0.5, 0.6) is 11.5 Å². The highest BCUT2D eigenvalue weighted by atomic mass is 16.5. The number of benzene rings is 1.